The van der Waals surface area contributed by atoms with Crippen molar-refractivity contribution in [1.82, 2.24) is 9.80 Å². The molecule has 0 aromatic heterocycles. The number of nitrogens with zero attached hydrogens (tertiary/aromatic N) is 2. The molecule has 0 saturated carbocycles. The van der Waals surface area contributed by atoms with Gasteiger partial charge < -0.3 is 19.9 Å². The summed E-state index contributed by atoms with van der Waals surface area (Å²) < 4.78 is 5.66. The molecular weight excluding hydrogens is 378 g/mol. The molecule has 1 saturated heterocycles. The van der Waals surface area contributed by atoms with Crippen molar-refractivity contribution in [1.29, 1.82) is 0 Å². The fraction of sp³-hybridized carbons (Fsp3) is 0.333. The number of likely N-dealkylation sites (N-methyl/N-ethyl adjacent to an activating group) is 1. The molecule has 6 nitrogen and oxygen atoms in total. The van der Waals surface area contributed by atoms with Gasteiger partial charge in [-0.05, 0) is 38.2 Å². The molecule has 1 aliphatic rings. The van der Waals surface area contributed by atoms with E-state index in [0.717, 1.165) is 13.1 Å². The van der Waals surface area contributed by atoms with Gasteiger partial charge in [-0.2, -0.15) is 0 Å². The fourth-order valence-electron chi connectivity index (χ4n) is 2.98. The number of benzene rings is 2. The van der Waals surface area contributed by atoms with Crippen LogP contribution in [0.15, 0.2) is 48.5 Å². The Morgan fingerprint density at radius 3 is 2.39 bits per heavy atom. The summed E-state index contributed by atoms with van der Waals surface area (Å²) in [7, 11) is 2.04. The van der Waals surface area contributed by atoms with Gasteiger partial charge in [-0.25, -0.2) is 0 Å². The highest BCUT2D eigenvalue weighted by Crippen LogP contribution is 2.25. The Morgan fingerprint density at radius 1 is 1.04 bits per heavy atom. The molecular formula is C21H24ClN3O3. The lowest BCUT2D eigenvalue weighted by Gasteiger charge is -2.32. The van der Waals surface area contributed by atoms with Crippen molar-refractivity contribution >= 4 is 29.1 Å². The molecule has 2 aromatic rings. The number of rotatable bonds is 5. The first-order chi connectivity index (χ1) is 13.5. The monoisotopic (exact) mass is 401 g/mol. The van der Waals surface area contributed by atoms with Crippen molar-refractivity contribution in [2.24, 2.45) is 0 Å². The van der Waals surface area contributed by atoms with Gasteiger partial charge in [0, 0.05) is 26.2 Å². The Kier molecular flexibility index (Phi) is 6.54. The van der Waals surface area contributed by atoms with E-state index in [9.17, 15) is 9.59 Å². The largest absolute Gasteiger partial charge is 0.479 e. The molecule has 1 fully saturated rings. The zero-order chi connectivity index (χ0) is 20.1. The van der Waals surface area contributed by atoms with Crippen molar-refractivity contribution in [2.45, 2.75) is 13.0 Å². The maximum atomic E-state index is 12.9. The van der Waals surface area contributed by atoms with Crippen LogP contribution in [0.1, 0.15) is 17.3 Å². The number of carbonyl (C=O) groups is 2. The van der Waals surface area contributed by atoms with Crippen LogP contribution in [0.4, 0.5) is 5.69 Å². The van der Waals surface area contributed by atoms with Gasteiger partial charge in [-0.15, -0.1) is 0 Å². The predicted molar refractivity (Wildman–Crippen MR) is 110 cm³/mol. The Bertz CT molecular complexity index is 850. The van der Waals surface area contributed by atoms with Crippen LogP contribution in [-0.4, -0.2) is 60.9 Å². The van der Waals surface area contributed by atoms with Gasteiger partial charge in [0.05, 0.1) is 16.3 Å². The number of nitrogens with one attached hydrogen (secondary N) is 1. The van der Waals surface area contributed by atoms with Gasteiger partial charge in [-0.3, -0.25) is 9.59 Å². The third-order valence-corrected chi connectivity index (χ3v) is 5.03. The summed E-state index contributed by atoms with van der Waals surface area (Å²) in [5, 5.41) is 3.25. The average molecular weight is 402 g/mol. The van der Waals surface area contributed by atoms with E-state index in [2.05, 4.69) is 10.2 Å². The third kappa shape index (κ3) is 4.82. The highest BCUT2D eigenvalue weighted by Gasteiger charge is 2.24. The van der Waals surface area contributed by atoms with Crippen LogP contribution >= 0.6 is 11.6 Å². The molecule has 2 amide bonds. The second-order valence-corrected chi connectivity index (χ2v) is 7.23. The lowest BCUT2D eigenvalue weighted by molar-refractivity contribution is -0.122. The lowest BCUT2D eigenvalue weighted by Crippen LogP contribution is -2.47. The van der Waals surface area contributed by atoms with E-state index in [0.29, 0.717) is 35.1 Å². The number of halogens is 1. The van der Waals surface area contributed by atoms with E-state index < -0.39 is 6.10 Å². The molecule has 0 unspecified atom stereocenters. The number of hydrogen-bond donors (Lipinski definition) is 1. The Balaban J connectivity index is 1.69. The van der Waals surface area contributed by atoms with Gasteiger partial charge in [-0.1, -0.05) is 35.9 Å². The van der Waals surface area contributed by atoms with Crippen molar-refractivity contribution in [3.05, 3.63) is 59.1 Å². The summed E-state index contributed by atoms with van der Waals surface area (Å²) in [5.74, 6) is 0.0100. The van der Waals surface area contributed by atoms with Crippen LogP contribution in [0.5, 0.6) is 5.75 Å². The number of anilines is 1. The maximum Gasteiger partial charge on any atom is 0.265 e. The van der Waals surface area contributed by atoms with Crippen molar-refractivity contribution in [3.63, 3.8) is 0 Å². The van der Waals surface area contributed by atoms with Crippen LogP contribution in [0.25, 0.3) is 0 Å². The summed E-state index contributed by atoms with van der Waals surface area (Å²) in [4.78, 5) is 29.5. The molecule has 28 heavy (non-hydrogen) atoms. The van der Waals surface area contributed by atoms with E-state index in [4.69, 9.17) is 16.3 Å². The maximum absolute atomic E-state index is 12.9. The molecule has 1 aliphatic heterocycles. The number of ether oxygens (including phenoxy) is 1. The molecule has 7 heteroatoms. The minimum absolute atomic E-state index is 0.0799. The molecule has 1 heterocycles. The van der Waals surface area contributed by atoms with E-state index in [1.54, 1.807) is 55.5 Å². The molecule has 0 radical (unpaired) electrons. The van der Waals surface area contributed by atoms with Gasteiger partial charge >= 0.3 is 0 Å². The molecule has 0 aliphatic carbocycles. The third-order valence-electron chi connectivity index (χ3n) is 4.72. The fourth-order valence-corrected chi connectivity index (χ4v) is 3.16. The van der Waals surface area contributed by atoms with Gasteiger partial charge in [0.1, 0.15) is 5.75 Å². The van der Waals surface area contributed by atoms with Crippen LogP contribution in [-0.2, 0) is 4.79 Å². The summed E-state index contributed by atoms with van der Waals surface area (Å²) in [6, 6.07) is 14.0. The summed E-state index contributed by atoms with van der Waals surface area (Å²) in [6.45, 7) is 4.66. The highest BCUT2D eigenvalue weighted by molar-refractivity contribution is 6.32. The number of amides is 2. The molecule has 0 bridgehead atoms. The summed E-state index contributed by atoms with van der Waals surface area (Å²) in [6.07, 6.45) is -0.772. The summed E-state index contributed by atoms with van der Waals surface area (Å²) in [5.41, 5.74) is 0.955. The van der Waals surface area contributed by atoms with Crippen LogP contribution in [0.3, 0.4) is 0 Å². The first kappa shape index (κ1) is 20.2. The number of para-hydroxylation sites is 2. The molecule has 148 valence electrons. The van der Waals surface area contributed by atoms with Crippen LogP contribution < -0.4 is 10.1 Å². The van der Waals surface area contributed by atoms with Crippen LogP contribution in [0, 0.1) is 0 Å². The highest BCUT2D eigenvalue weighted by atomic mass is 35.5. The Labute approximate surface area is 170 Å². The first-order valence-corrected chi connectivity index (χ1v) is 9.62. The smallest absolute Gasteiger partial charge is 0.265 e. The molecule has 0 spiro atoms. The first-order valence-electron chi connectivity index (χ1n) is 9.24. The molecule has 1 N–H and O–H groups in total. The minimum atomic E-state index is -0.772. The lowest BCUT2D eigenvalue weighted by atomic mass is 10.1. The summed E-state index contributed by atoms with van der Waals surface area (Å²) >= 11 is 6.09. The molecule has 2 aromatic carbocycles. The topological polar surface area (TPSA) is 61.9 Å². The van der Waals surface area contributed by atoms with Crippen LogP contribution in [0.2, 0.25) is 5.02 Å². The predicted octanol–water partition coefficient (Wildman–Crippen LogP) is 3.13. The van der Waals surface area contributed by atoms with Crippen molar-refractivity contribution in [2.75, 3.05) is 38.5 Å². The quantitative estimate of drug-likeness (QED) is 0.836. The zero-order valence-corrected chi connectivity index (χ0v) is 16.8. The Morgan fingerprint density at radius 2 is 1.68 bits per heavy atom. The molecule has 1 atom stereocenters. The second kappa shape index (κ2) is 9.08. The Hall–Kier alpha value is -2.57. The van der Waals surface area contributed by atoms with Gasteiger partial charge in [0.15, 0.2) is 6.10 Å². The minimum Gasteiger partial charge on any atom is -0.479 e. The van der Waals surface area contributed by atoms with Crippen molar-refractivity contribution < 1.29 is 14.3 Å². The van der Waals surface area contributed by atoms with Gasteiger partial charge in [0.25, 0.3) is 11.8 Å². The van der Waals surface area contributed by atoms with Gasteiger partial charge in [0.2, 0.25) is 0 Å². The van der Waals surface area contributed by atoms with E-state index in [1.807, 2.05) is 11.9 Å². The second-order valence-electron chi connectivity index (χ2n) is 6.82. The zero-order valence-electron chi connectivity index (χ0n) is 16.0. The number of hydrogen-bond acceptors (Lipinski definition) is 4. The normalized spacial score (nSPS) is 15.8. The van der Waals surface area contributed by atoms with E-state index in [1.165, 1.54) is 0 Å². The number of piperazine rings is 1. The average Bonchev–Trinajstić information content (AvgIpc) is 2.70. The van der Waals surface area contributed by atoms with Crippen molar-refractivity contribution in [3.8, 4) is 5.75 Å². The van der Waals surface area contributed by atoms with E-state index >= 15 is 0 Å². The SMILES string of the molecule is C[C@@H](Oc1ccccc1Cl)C(=O)Nc1ccccc1C(=O)N1CCN(C)CC1. The number of carbonyl (C=O) groups excluding carboxylic acids is 2. The standard InChI is InChI=1S/C21H24ClN3O3/c1-15(28-19-10-6-4-8-17(19)22)20(26)23-18-9-5-3-7-16(18)21(27)25-13-11-24(2)12-14-25/h3-10,15H,11-14H2,1-2H3,(H,23,26)/t15-/m1/s1. The van der Waals surface area contributed by atoms with E-state index in [-0.39, 0.29) is 11.8 Å². The molecule has 3 rings (SSSR count).